The molecule has 6 nitrogen and oxygen atoms in total. The van der Waals surface area contributed by atoms with Crippen molar-refractivity contribution in [3.63, 3.8) is 0 Å². The molecule has 0 aliphatic carbocycles. The fraction of sp³-hybridized carbons (Fsp3) is 0.350. The summed E-state index contributed by atoms with van der Waals surface area (Å²) in [6.07, 6.45) is 2.86. The number of primary amides is 1. The van der Waals surface area contributed by atoms with Gasteiger partial charge in [0.1, 0.15) is 5.52 Å². The monoisotopic (exact) mass is 386 g/mol. The Labute approximate surface area is 164 Å². The largest absolute Gasteiger partial charge is 0.479 e. The molecule has 0 saturated heterocycles. The highest BCUT2D eigenvalue weighted by Gasteiger charge is 2.11. The Bertz CT molecular complexity index is 865. The lowest BCUT2D eigenvalue weighted by molar-refractivity contribution is 0.216. The van der Waals surface area contributed by atoms with Crippen molar-refractivity contribution in [2.24, 2.45) is 11.7 Å². The minimum absolute atomic E-state index is 0.347. The first-order valence-electron chi connectivity index (χ1n) is 8.76. The molecule has 0 aliphatic heterocycles. The molecule has 0 bridgehead atoms. The summed E-state index contributed by atoms with van der Waals surface area (Å²) < 4.78 is 6.32. The first-order valence-corrected chi connectivity index (χ1v) is 9.64. The van der Waals surface area contributed by atoms with Crippen molar-refractivity contribution in [2.75, 3.05) is 20.7 Å². The summed E-state index contributed by atoms with van der Waals surface area (Å²) in [6.45, 7) is 5.00. The van der Waals surface area contributed by atoms with Crippen LogP contribution in [0.1, 0.15) is 20.3 Å². The van der Waals surface area contributed by atoms with Crippen LogP contribution in [0.3, 0.4) is 0 Å². The van der Waals surface area contributed by atoms with Crippen molar-refractivity contribution < 1.29 is 9.53 Å². The molecule has 3 aromatic rings. The zero-order valence-corrected chi connectivity index (χ0v) is 17.0. The van der Waals surface area contributed by atoms with Crippen LogP contribution < -0.4 is 10.5 Å². The molecule has 27 heavy (non-hydrogen) atoms. The predicted molar refractivity (Wildman–Crippen MR) is 111 cm³/mol. The predicted octanol–water partition coefficient (Wildman–Crippen LogP) is 4.41. The molecule has 2 N–H and O–H groups in total. The van der Waals surface area contributed by atoms with Crippen molar-refractivity contribution >= 4 is 27.6 Å². The van der Waals surface area contributed by atoms with E-state index in [2.05, 4.69) is 35.9 Å². The molecule has 0 unspecified atom stereocenters. The number of methoxy groups -OCH3 is 1. The minimum Gasteiger partial charge on any atom is -0.479 e. The number of nitrogens with zero attached hydrogens (tertiary/aromatic N) is 3. The van der Waals surface area contributed by atoms with Gasteiger partial charge in [-0.2, -0.15) is 0 Å². The Morgan fingerprint density at radius 1 is 1.26 bits per heavy atom. The molecule has 2 amide bonds. The highest BCUT2D eigenvalue weighted by Crippen LogP contribution is 2.34. The number of pyridine rings is 1. The van der Waals surface area contributed by atoms with E-state index in [-0.39, 0.29) is 6.03 Å². The summed E-state index contributed by atoms with van der Waals surface area (Å²) in [5, 5.41) is 0. The third kappa shape index (κ3) is 5.65. The van der Waals surface area contributed by atoms with Crippen LogP contribution in [0.5, 0.6) is 5.88 Å². The highest BCUT2D eigenvalue weighted by molar-refractivity contribution is 7.17. The number of carbonyl (C=O) groups excluding carboxylic acids is 1. The lowest BCUT2D eigenvalue weighted by Gasteiger charge is -2.14. The second-order valence-corrected chi connectivity index (χ2v) is 7.37. The van der Waals surface area contributed by atoms with Crippen LogP contribution in [0.25, 0.3) is 21.3 Å². The molecule has 2 heterocycles. The second kappa shape index (κ2) is 9.87. The van der Waals surface area contributed by atoms with E-state index in [1.54, 1.807) is 25.5 Å². The maximum atomic E-state index is 10.5. The topological polar surface area (TPSA) is 81.3 Å². The van der Waals surface area contributed by atoms with Gasteiger partial charge in [-0.05, 0) is 17.9 Å². The molecule has 7 heteroatoms. The molecular weight excluding hydrogens is 360 g/mol. The van der Waals surface area contributed by atoms with Crippen LogP contribution in [-0.2, 0) is 0 Å². The standard InChI is InChI=1S/C13H10N2OS.C7H16N2O/c1-16-13-11-12(17-8-15-11)10(7-14-13)9-5-3-2-4-6-9;1-6(2)4-5-9(3)7(8)10/h2-8H,1H3;6H,4-5H2,1-3H3,(H2,8,10). The number of hydrogen-bond donors (Lipinski definition) is 1. The molecule has 0 atom stereocenters. The Morgan fingerprint density at radius 2 is 1.96 bits per heavy atom. The summed E-state index contributed by atoms with van der Waals surface area (Å²) in [7, 11) is 3.33. The number of carbonyl (C=O) groups is 1. The van der Waals surface area contributed by atoms with Crippen molar-refractivity contribution in [3.05, 3.63) is 42.0 Å². The van der Waals surface area contributed by atoms with Crippen LogP contribution in [-0.4, -0.2) is 41.6 Å². The van der Waals surface area contributed by atoms with Gasteiger partial charge in [0, 0.05) is 25.4 Å². The Balaban J connectivity index is 0.000000227. The molecule has 0 aliphatic rings. The van der Waals surface area contributed by atoms with Gasteiger partial charge in [-0.15, -0.1) is 11.3 Å². The zero-order valence-electron chi connectivity index (χ0n) is 16.2. The summed E-state index contributed by atoms with van der Waals surface area (Å²) in [5.74, 6) is 1.21. The van der Waals surface area contributed by atoms with Crippen LogP contribution in [0.2, 0.25) is 0 Å². The van der Waals surface area contributed by atoms with E-state index in [1.807, 2.05) is 29.9 Å². The first-order chi connectivity index (χ1) is 12.9. The second-order valence-electron chi connectivity index (χ2n) is 6.52. The van der Waals surface area contributed by atoms with Crippen LogP contribution in [0.15, 0.2) is 42.0 Å². The van der Waals surface area contributed by atoms with Crippen LogP contribution >= 0.6 is 11.3 Å². The number of thiazole rings is 1. The Hall–Kier alpha value is -2.67. The third-order valence-corrected chi connectivity index (χ3v) is 4.88. The van der Waals surface area contributed by atoms with Gasteiger partial charge >= 0.3 is 6.03 Å². The number of ether oxygens (including phenoxy) is 1. The van der Waals surface area contributed by atoms with Gasteiger partial charge < -0.3 is 15.4 Å². The van der Waals surface area contributed by atoms with Crippen molar-refractivity contribution in [1.82, 2.24) is 14.9 Å². The SMILES string of the molecule is CC(C)CCN(C)C(N)=O.COc1ncc(-c2ccccc2)c2scnc12. The van der Waals surface area contributed by atoms with Gasteiger partial charge in [-0.1, -0.05) is 44.2 Å². The summed E-state index contributed by atoms with van der Waals surface area (Å²) in [5.41, 5.74) is 9.91. The van der Waals surface area contributed by atoms with Gasteiger partial charge in [-0.25, -0.2) is 14.8 Å². The molecule has 0 radical (unpaired) electrons. The van der Waals surface area contributed by atoms with Crippen LogP contribution in [0, 0.1) is 5.92 Å². The van der Waals surface area contributed by atoms with E-state index in [0.29, 0.717) is 11.8 Å². The van der Waals surface area contributed by atoms with E-state index in [4.69, 9.17) is 10.5 Å². The third-order valence-electron chi connectivity index (χ3n) is 4.02. The van der Waals surface area contributed by atoms with Gasteiger partial charge in [0.2, 0.25) is 5.88 Å². The Kier molecular flexibility index (Phi) is 7.55. The minimum atomic E-state index is -0.347. The quantitative estimate of drug-likeness (QED) is 0.704. The van der Waals surface area contributed by atoms with Gasteiger partial charge in [-0.3, -0.25) is 0 Å². The van der Waals surface area contributed by atoms with Crippen LogP contribution in [0.4, 0.5) is 4.79 Å². The molecule has 0 saturated carbocycles. The lowest BCUT2D eigenvalue weighted by atomic mass is 10.1. The van der Waals surface area contributed by atoms with Gasteiger partial charge in [0.15, 0.2) is 0 Å². The highest BCUT2D eigenvalue weighted by atomic mass is 32.1. The summed E-state index contributed by atoms with van der Waals surface area (Å²) >= 11 is 1.61. The number of urea groups is 1. The number of aromatic nitrogens is 2. The van der Waals surface area contributed by atoms with E-state index in [0.717, 1.165) is 34.3 Å². The molecular formula is C20H26N4O2S. The smallest absolute Gasteiger partial charge is 0.314 e. The maximum Gasteiger partial charge on any atom is 0.314 e. The van der Waals surface area contributed by atoms with Crippen molar-refractivity contribution in [2.45, 2.75) is 20.3 Å². The zero-order chi connectivity index (χ0) is 19.8. The van der Waals surface area contributed by atoms with E-state index < -0.39 is 0 Å². The van der Waals surface area contributed by atoms with Gasteiger partial charge in [0.05, 0.1) is 17.3 Å². The fourth-order valence-corrected chi connectivity index (χ4v) is 3.18. The first kappa shape index (κ1) is 20.6. The molecule has 1 aromatic carbocycles. The Morgan fingerprint density at radius 3 is 2.56 bits per heavy atom. The number of fused-ring (bicyclic) bond motifs is 1. The molecule has 0 spiro atoms. The molecule has 3 rings (SSSR count). The van der Waals surface area contributed by atoms with E-state index >= 15 is 0 Å². The molecule has 144 valence electrons. The summed E-state index contributed by atoms with van der Waals surface area (Å²) in [6, 6.07) is 9.84. The average Bonchev–Trinajstić information content (AvgIpc) is 3.16. The van der Waals surface area contributed by atoms with Crippen molar-refractivity contribution in [1.29, 1.82) is 0 Å². The lowest BCUT2D eigenvalue weighted by Crippen LogP contribution is -2.33. The summed E-state index contributed by atoms with van der Waals surface area (Å²) in [4.78, 5) is 20.6. The average molecular weight is 387 g/mol. The fourth-order valence-electron chi connectivity index (χ4n) is 2.37. The number of rotatable bonds is 5. The van der Waals surface area contributed by atoms with E-state index in [9.17, 15) is 4.79 Å². The number of nitrogens with two attached hydrogens (primary N) is 1. The van der Waals surface area contributed by atoms with E-state index in [1.165, 1.54) is 4.90 Å². The normalized spacial score (nSPS) is 10.4. The molecule has 2 aromatic heterocycles. The molecule has 0 fully saturated rings. The van der Waals surface area contributed by atoms with Gasteiger partial charge in [0.25, 0.3) is 0 Å². The number of benzene rings is 1. The number of amides is 2. The number of hydrogen-bond acceptors (Lipinski definition) is 5. The van der Waals surface area contributed by atoms with Crippen molar-refractivity contribution in [3.8, 4) is 17.0 Å². The maximum absolute atomic E-state index is 10.5.